The summed E-state index contributed by atoms with van der Waals surface area (Å²) in [5.41, 5.74) is 0. The fourth-order valence-electron chi connectivity index (χ4n) is 3.97. The molecule has 3 rings (SSSR count). The summed E-state index contributed by atoms with van der Waals surface area (Å²) in [6.07, 6.45) is 2.95. The molecule has 0 radical (unpaired) electrons. The normalized spacial score (nSPS) is 36.8. The van der Waals surface area contributed by atoms with E-state index in [0.717, 1.165) is 45.7 Å². The van der Waals surface area contributed by atoms with E-state index in [2.05, 4.69) is 22.2 Å². The Morgan fingerprint density at radius 2 is 2.10 bits per heavy atom. The van der Waals surface area contributed by atoms with Crippen LogP contribution in [0.2, 0.25) is 0 Å². The molecule has 0 amide bonds. The largest absolute Gasteiger partial charge is 0.468 e. The molecule has 0 aromatic carbocycles. The van der Waals surface area contributed by atoms with E-state index in [4.69, 9.17) is 9.47 Å². The van der Waals surface area contributed by atoms with Crippen LogP contribution in [-0.4, -0.2) is 80.5 Å². The Morgan fingerprint density at radius 3 is 2.80 bits per heavy atom. The van der Waals surface area contributed by atoms with E-state index >= 15 is 0 Å². The Balaban J connectivity index is 1.77. The van der Waals surface area contributed by atoms with E-state index in [-0.39, 0.29) is 12.0 Å². The van der Waals surface area contributed by atoms with E-state index < -0.39 is 0 Å². The van der Waals surface area contributed by atoms with Gasteiger partial charge in [0.15, 0.2) is 0 Å². The van der Waals surface area contributed by atoms with Gasteiger partial charge in [-0.15, -0.1) is 0 Å². The van der Waals surface area contributed by atoms with Crippen molar-refractivity contribution >= 4 is 5.97 Å². The molecular weight excluding hydrogens is 258 g/mol. The number of nitrogens with zero attached hydrogens (tertiary/aromatic N) is 2. The van der Waals surface area contributed by atoms with Crippen LogP contribution in [0.4, 0.5) is 0 Å². The number of hydrogen-bond donors (Lipinski definition) is 1. The number of methoxy groups -OCH3 is 1. The fourth-order valence-corrected chi connectivity index (χ4v) is 3.97. The van der Waals surface area contributed by atoms with Crippen LogP contribution in [-0.2, 0) is 14.3 Å². The van der Waals surface area contributed by atoms with Gasteiger partial charge in [-0.2, -0.15) is 0 Å². The molecule has 0 aliphatic carbocycles. The van der Waals surface area contributed by atoms with Crippen molar-refractivity contribution in [1.29, 1.82) is 0 Å². The minimum Gasteiger partial charge on any atom is -0.468 e. The van der Waals surface area contributed by atoms with Gasteiger partial charge in [0.25, 0.3) is 0 Å². The summed E-state index contributed by atoms with van der Waals surface area (Å²) in [4.78, 5) is 17.0. The topological polar surface area (TPSA) is 58.6 Å². The summed E-state index contributed by atoms with van der Waals surface area (Å²) in [6, 6.07) is 1.47. The second-order valence-electron chi connectivity index (χ2n) is 6.22. The first-order chi connectivity index (χ1) is 9.70. The molecule has 3 aliphatic heterocycles. The van der Waals surface area contributed by atoms with E-state index in [1.165, 1.54) is 7.11 Å². The van der Waals surface area contributed by atoms with Crippen LogP contribution in [0.15, 0.2) is 0 Å². The highest BCUT2D eigenvalue weighted by Gasteiger charge is 2.48. The first kappa shape index (κ1) is 14.3. The van der Waals surface area contributed by atoms with Crippen molar-refractivity contribution in [3.8, 4) is 0 Å². The number of ether oxygens (including phenoxy) is 2. The van der Waals surface area contributed by atoms with Crippen LogP contribution < -0.4 is 5.32 Å². The Labute approximate surface area is 120 Å². The van der Waals surface area contributed by atoms with Gasteiger partial charge in [-0.05, 0) is 19.9 Å². The number of fused-ring (bicyclic) bond motifs is 1. The lowest BCUT2D eigenvalue weighted by molar-refractivity contribution is -0.678. The summed E-state index contributed by atoms with van der Waals surface area (Å²) in [5, 5.41) is 2.36. The monoisotopic (exact) mass is 284 g/mol. The van der Waals surface area contributed by atoms with Crippen LogP contribution in [0.3, 0.4) is 0 Å². The van der Waals surface area contributed by atoms with Gasteiger partial charge in [-0.3, -0.25) is 9.69 Å². The smallest absolute Gasteiger partial charge is 0.323 e. The Kier molecular flexibility index (Phi) is 4.26. The molecule has 3 atom stereocenters. The summed E-state index contributed by atoms with van der Waals surface area (Å²) in [7, 11) is 3.68. The number of likely N-dealkylation sites (N-methyl/N-ethyl adjacent to an activating group) is 1. The molecule has 0 spiro atoms. The Morgan fingerprint density at radius 1 is 1.35 bits per heavy atom. The molecule has 0 saturated carbocycles. The second kappa shape index (κ2) is 5.97. The number of esters is 1. The van der Waals surface area contributed by atoms with E-state index in [1.807, 2.05) is 0 Å². The number of quaternary nitrogens is 1. The van der Waals surface area contributed by atoms with Gasteiger partial charge >= 0.3 is 5.97 Å². The quantitative estimate of drug-likeness (QED) is 0.633. The average Bonchev–Trinajstić information content (AvgIpc) is 2.87. The lowest BCUT2D eigenvalue weighted by Crippen LogP contribution is -2.89. The van der Waals surface area contributed by atoms with E-state index in [9.17, 15) is 4.79 Å². The standard InChI is InChI=1S/C14H25N3O3/c1-16-9-15-11-7-12(14(18)19-2)17(8-13(11)16)10-3-5-20-6-4-10/h10-13,15H,3-9H2,1-2H3/p+1/t11?,12-,13?/m0/s1. The lowest BCUT2D eigenvalue weighted by Gasteiger charge is -2.44. The highest BCUT2D eigenvalue weighted by atomic mass is 16.5. The molecule has 3 fully saturated rings. The number of likely N-dealkylation sites (tertiary alicyclic amines) is 1. The zero-order valence-electron chi connectivity index (χ0n) is 12.5. The molecule has 3 saturated heterocycles. The van der Waals surface area contributed by atoms with Crippen molar-refractivity contribution in [2.75, 3.05) is 40.6 Å². The van der Waals surface area contributed by atoms with Crippen molar-refractivity contribution in [1.82, 2.24) is 9.80 Å². The predicted octanol–water partition coefficient (Wildman–Crippen LogP) is -1.38. The fraction of sp³-hybridized carbons (Fsp3) is 0.929. The minimum atomic E-state index is -0.0768. The average molecular weight is 284 g/mol. The molecule has 6 heteroatoms. The molecule has 0 aromatic heterocycles. The molecule has 20 heavy (non-hydrogen) atoms. The summed E-state index contributed by atoms with van der Waals surface area (Å²) in [5.74, 6) is -0.0714. The van der Waals surface area contributed by atoms with Gasteiger partial charge in [0.2, 0.25) is 0 Å². The van der Waals surface area contributed by atoms with E-state index in [0.29, 0.717) is 18.1 Å². The zero-order chi connectivity index (χ0) is 14.1. The number of nitrogens with two attached hydrogens (primary N) is 1. The molecule has 0 bridgehead atoms. The van der Waals surface area contributed by atoms with Crippen LogP contribution in [0, 0.1) is 0 Å². The number of piperidine rings is 1. The summed E-state index contributed by atoms with van der Waals surface area (Å²) >= 11 is 0. The highest BCUT2D eigenvalue weighted by Crippen LogP contribution is 2.27. The van der Waals surface area contributed by atoms with Crippen molar-refractivity contribution in [3.05, 3.63) is 0 Å². The third kappa shape index (κ3) is 2.57. The minimum absolute atomic E-state index is 0.0714. The number of hydrogen-bond acceptors (Lipinski definition) is 5. The maximum atomic E-state index is 12.2. The second-order valence-corrected chi connectivity index (χ2v) is 6.22. The van der Waals surface area contributed by atoms with Crippen molar-refractivity contribution in [3.63, 3.8) is 0 Å². The van der Waals surface area contributed by atoms with Crippen LogP contribution in [0.1, 0.15) is 19.3 Å². The van der Waals surface area contributed by atoms with Gasteiger partial charge < -0.3 is 14.8 Å². The zero-order valence-corrected chi connectivity index (χ0v) is 12.5. The molecule has 3 heterocycles. The first-order valence-corrected chi connectivity index (χ1v) is 7.65. The molecular formula is C14H26N3O3+. The lowest BCUT2D eigenvalue weighted by atomic mass is 9.90. The molecule has 3 aliphatic rings. The third-order valence-electron chi connectivity index (χ3n) is 5.18. The third-order valence-corrected chi connectivity index (χ3v) is 5.18. The number of rotatable bonds is 2. The van der Waals surface area contributed by atoms with Gasteiger partial charge in [0, 0.05) is 32.2 Å². The molecule has 2 N–H and O–H groups in total. The molecule has 6 nitrogen and oxygen atoms in total. The van der Waals surface area contributed by atoms with Gasteiger partial charge in [0.1, 0.15) is 18.8 Å². The summed E-state index contributed by atoms with van der Waals surface area (Å²) in [6.45, 7) is 3.63. The predicted molar refractivity (Wildman–Crippen MR) is 73.1 cm³/mol. The van der Waals surface area contributed by atoms with Crippen LogP contribution in [0.25, 0.3) is 0 Å². The molecule has 0 aromatic rings. The van der Waals surface area contributed by atoms with Crippen LogP contribution >= 0.6 is 0 Å². The maximum Gasteiger partial charge on any atom is 0.323 e. The number of carbonyl (C=O) groups is 1. The maximum absolute atomic E-state index is 12.2. The van der Waals surface area contributed by atoms with Crippen LogP contribution in [0.5, 0.6) is 0 Å². The highest BCUT2D eigenvalue weighted by molar-refractivity contribution is 5.76. The van der Waals surface area contributed by atoms with Crippen molar-refractivity contribution in [2.24, 2.45) is 0 Å². The Bertz CT molecular complexity index is 360. The molecule has 114 valence electrons. The SMILES string of the molecule is COC(=O)[C@@H]1CC2[NH2+]CN(C)C2CN1C1CCOCC1. The van der Waals surface area contributed by atoms with Crippen molar-refractivity contribution in [2.45, 2.75) is 43.4 Å². The van der Waals surface area contributed by atoms with Gasteiger partial charge in [-0.1, -0.05) is 0 Å². The summed E-state index contributed by atoms with van der Waals surface area (Å²) < 4.78 is 10.5. The first-order valence-electron chi connectivity index (χ1n) is 7.65. The van der Waals surface area contributed by atoms with Gasteiger partial charge in [0.05, 0.1) is 13.2 Å². The van der Waals surface area contributed by atoms with Crippen molar-refractivity contribution < 1.29 is 19.6 Å². The van der Waals surface area contributed by atoms with E-state index in [1.54, 1.807) is 0 Å². The Hall–Kier alpha value is -0.690. The van der Waals surface area contributed by atoms with Gasteiger partial charge in [-0.25, -0.2) is 4.90 Å². The number of carbonyl (C=O) groups excluding carboxylic acids is 1. The molecule has 2 unspecified atom stereocenters.